The topological polar surface area (TPSA) is 75.4 Å². The molecule has 1 aromatic carbocycles. The highest BCUT2D eigenvalue weighted by atomic mass is 16.2. The number of nitrogens with one attached hydrogen (secondary N) is 1. The minimum atomic E-state index is -0.388. The van der Waals surface area contributed by atoms with Crippen LogP contribution in [0.5, 0.6) is 0 Å². The van der Waals surface area contributed by atoms with Gasteiger partial charge in [-0.05, 0) is 37.1 Å². The van der Waals surface area contributed by atoms with E-state index in [0.717, 1.165) is 44.3 Å². The zero-order chi connectivity index (χ0) is 13.2. The lowest BCUT2D eigenvalue weighted by Gasteiger charge is -2.06. The van der Waals surface area contributed by atoms with E-state index >= 15 is 0 Å². The standard InChI is InChI=1S/C14H22N2O2/c15-14(18)13-7-5-6-12(10-13)11-16-8-3-1-2-4-9-17/h5-7,10,16-17H,1-4,8-9,11H2,(H2,15,18). The molecule has 0 saturated heterocycles. The van der Waals surface area contributed by atoms with Crippen molar-refractivity contribution < 1.29 is 9.90 Å². The molecule has 0 spiro atoms. The van der Waals surface area contributed by atoms with Gasteiger partial charge in [-0.2, -0.15) is 0 Å². The molecule has 1 rings (SSSR count). The highest BCUT2D eigenvalue weighted by Gasteiger charge is 2.00. The van der Waals surface area contributed by atoms with Crippen molar-refractivity contribution in [2.75, 3.05) is 13.2 Å². The van der Waals surface area contributed by atoms with Gasteiger partial charge in [-0.1, -0.05) is 25.0 Å². The number of rotatable bonds is 9. The predicted molar refractivity (Wildman–Crippen MR) is 72.2 cm³/mol. The molecule has 0 radical (unpaired) electrons. The van der Waals surface area contributed by atoms with Crippen LogP contribution in [0.25, 0.3) is 0 Å². The minimum Gasteiger partial charge on any atom is -0.396 e. The zero-order valence-electron chi connectivity index (χ0n) is 10.7. The van der Waals surface area contributed by atoms with E-state index in [1.807, 2.05) is 18.2 Å². The fourth-order valence-electron chi connectivity index (χ4n) is 1.78. The molecule has 0 fully saturated rings. The minimum absolute atomic E-state index is 0.285. The zero-order valence-corrected chi connectivity index (χ0v) is 10.7. The van der Waals surface area contributed by atoms with Crippen LogP contribution >= 0.6 is 0 Å². The van der Waals surface area contributed by atoms with E-state index in [9.17, 15) is 4.79 Å². The summed E-state index contributed by atoms with van der Waals surface area (Å²) in [6.07, 6.45) is 4.21. The van der Waals surface area contributed by atoms with E-state index in [2.05, 4.69) is 5.32 Å². The van der Waals surface area contributed by atoms with Gasteiger partial charge in [0, 0.05) is 18.7 Å². The molecule has 0 unspecified atom stereocenters. The van der Waals surface area contributed by atoms with Crippen LogP contribution in [0.3, 0.4) is 0 Å². The third kappa shape index (κ3) is 5.80. The van der Waals surface area contributed by atoms with Crippen molar-refractivity contribution in [3.8, 4) is 0 Å². The molecule has 0 heterocycles. The summed E-state index contributed by atoms with van der Waals surface area (Å²) in [4.78, 5) is 11.0. The summed E-state index contributed by atoms with van der Waals surface area (Å²) in [5.74, 6) is -0.388. The maximum Gasteiger partial charge on any atom is 0.248 e. The lowest BCUT2D eigenvalue weighted by atomic mass is 10.1. The van der Waals surface area contributed by atoms with Crippen LogP contribution in [0.1, 0.15) is 41.6 Å². The average molecular weight is 250 g/mol. The SMILES string of the molecule is NC(=O)c1cccc(CNCCCCCCO)c1. The molecule has 100 valence electrons. The van der Waals surface area contributed by atoms with Crippen molar-refractivity contribution in [1.29, 1.82) is 0 Å². The average Bonchev–Trinajstić information content (AvgIpc) is 2.38. The summed E-state index contributed by atoms with van der Waals surface area (Å²) in [5, 5.41) is 12.0. The smallest absolute Gasteiger partial charge is 0.248 e. The Kier molecular flexibility index (Phi) is 7.06. The first-order valence-electron chi connectivity index (χ1n) is 6.44. The summed E-state index contributed by atoms with van der Waals surface area (Å²) in [7, 11) is 0. The van der Waals surface area contributed by atoms with Gasteiger partial charge in [0.2, 0.25) is 5.91 Å². The first-order chi connectivity index (χ1) is 8.74. The molecule has 0 bridgehead atoms. The van der Waals surface area contributed by atoms with Gasteiger partial charge in [0.15, 0.2) is 0 Å². The second-order valence-electron chi connectivity index (χ2n) is 4.38. The van der Waals surface area contributed by atoms with Gasteiger partial charge in [-0.15, -0.1) is 0 Å². The Morgan fingerprint density at radius 3 is 2.72 bits per heavy atom. The van der Waals surface area contributed by atoms with Crippen molar-refractivity contribution in [3.63, 3.8) is 0 Å². The highest BCUT2D eigenvalue weighted by molar-refractivity contribution is 5.92. The van der Waals surface area contributed by atoms with Crippen LogP contribution in [0.4, 0.5) is 0 Å². The monoisotopic (exact) mass is 250 g/mol. The van der Waals surface area contributed by atoms with Gasteiger partial charge in [0.1, 0.15) is 0 Å². The molecule has 4 N–H and O–H groups in total. The fraction of sp³-hybridized carbons (Fsp3) is 0.500. The largest absolute Gasteiger partial charge is 0.396 e. The van der Waals surface area contributed by atoms with Crippen molar-refractivity contribution >= 4 is 5.91 Å². The molecule has 0 aliphatic heterocycles. The number of amides is 1. The van der Waals surface area contributed by atoms with Crippen molar-refractivity contribution in [2.45, 2.75) is 32.2 Å². The van der Waals surface area contributed by atoms with Crippen LogP contribution in [0.2, 0.25) is 0 Å². The highest BCUT2D eigenvalue weighted by Crippen LogP contribution is 2.04. The third-order valence-corrected chi connectivity index (χ3v) is 2.80. The van der Waals surface area contributed by atoms with Gasteiger partial charge >= 0.3 is 0 Å². The number of aliphatic hydroxyl groups is 1. The van der Waals surface area contributed by atoms with E-state index in [-0.39, 0.29) is 12.5 Å². The Morgan fingerprint density at radius 1 is 1.22 bits per heavy atom. The van der Waals surface area contributed by atoms with Gasteiger partial charge in [0.05, 0.1) is 0 Å². The number of carbonyl (C=O) groups excluding carboxylic acids is 1. The fourth-order valence-corrected chi connectivity index (χ4v) is 1.78. The number of benzene rings is 1. The number of hydrogen-bond donors (Lipinski definition) is 3. The molecule has 0 atom stereocenters. The van der Waals surface area contributed by atoms with Crippen LogP contribution in [-0.4, -0.2) is 24.2 Å². The van der Waals surface area contributed by atoms with E-state index in [4.69, 9.17) is 10.8 Å². The number of hydrogen-bond acceptors (Lipinski definition) is 3. The Morgan fingerprint density at radius 2 is 2.00 bits per heavy atom. The second-order valence-corrected chi connectivity index (χ2v) is 4.38. The van der Waals surface area contributed by atoms with Gasteiger partial charge in [0.25, 0.3) is 0 Å². The lowest BCUT2D eigenvalue weighted by Crippen LogP contribution is -2.16. The number of primary amides is 1. The summed E-state index contributed by atoms with van der Waals surface area (Å²) >= 11 is 0. The maximum absolute atomic E-state index is 11.0. The van der Waals surface area contributed by atoms with Gasteiger partial charge < -0.3 is 16.2 Å². The van der Waals surface area contributed by atoms with Crippen LogP contribution in [-0.2, 0) is 6.54 Å². The third-order valence-electron chi connectivity index (χ3n) is 2.80. The Hall–Kier alpha value is -1.39. The van der Waals surface area contributed by atoms with Crippen LogP contribution in [0.15, 0.2) is 24.3 Å². The number of aliphatic hydroxyl groups excluding tert-OH is 1. The van der Waals surface area contributed by atoms with Crippen LogP contribution < -0.4 is 11.1 Å². The lowest BCUT2D eigenvalue weighted by molar-refractivity contribution is 0.1000. The molecule has 0 saturated carbocycles. The van der Waals surface area contributed by atoms with E-state index < -0.39 is 0 Å². The van der Waals surface area contributed by atoms with E-state index in [1.165, 1.54) is 0 Å². The molecule has 18 heavy (non-hydrogen) atoms. The van der Waals surface area contributed by atoms with Crippen molar-refractivity contribution in [1.82, 2.24) is 5.32 Å². The summed E-state index contributed by atoms with van der Waals surface area (Å²) in [6.45, 7) is 1.99. The molecule has 4 heteroatoms. The Labute approximate surface area is 108 Å². The molecule has 1 amide bonds. The second kappa shape index (κ2) is 8.66. The normalized spacial score (nSPS) is 10.5. The first kappa shape index (κ1) is 14.7. The number of nitrogens with two attached hydrogens (primary N) is 1. The van der Waals surface area contributed by atoms with Crippen LogP contribution in [0, 0.1) is 0 Å². The molecule has 0 aliphatic carbocycles. The summed E-state index contributed by atoms with van der Waals surface area (Å²) in [6, 6.07) is 7.37. The molecule has 4 nitrogen and oxygen atoms in total. The molecular formula is C14H22N2O2. The van der Waals surface area contributed by atoms with Crippen molar-refractivity contribution in [3.05, 3.63) is 35.4 Å². The predicted octanol–water partition coefficient (Wildman–Crippen LogP) is 1.43. The summed E-state index contributed by atoms with van der Waals surface area (Å²) in [5.41, 5.74) is 6.85. The Bertz CT molecular complexity index is 367. The van der Waals surface area contributed by atoms with Gasteiger partial charge in [-0.3, -0.25) is 4.79 Å². The quantitative estimate of drug-likeness (QED) is 0.580. The van der Waals surface area contributed by atoms with Gasteiger partial charge in [-0.25, -0.2) is 0 Å². The molecule has 0 aliphatic rings. The molecule has 0 aromatic heterocycles. The van der Waals surface area contributed by atoms with E-state index in [1.54, 1.807) is 6.07 Å². The maximum atomic E-state index is 11.0. The van der Waals surface area contributed by atoms with E-state index in [0.29, 0.717) is 5.56 Å². The Balaban J connectivity index is 2.19. The molecule has 1 aromatic rings. The summed E-state index contributed by atoms with van der Waals surface area (Å²) < 4.78 is 0. The number of carbonyl (C=O) groups is 1. The molecular weight excluding hydrogens is 228 g/mol. The van der Waals surface area contributed by atoms with Crippen molar-refractivity contribution in [2.24, 2.45) is 5.73 Å². The number of unbranched alkanes of at least 4 members (excludes halogenated alkanes) is 3. The first-order valence-corrected chi connectivity index (χ1v) is 6.44.